The Morgan fingerprint density at radius 1 is 0.920 bits per heavy atom. The van der Waals surface area contributed by atoms with Crippen molar-refractivity contribution in [1.29, 1.82) is 0 Å². The van der Waals surface area contributed by atoms with Crippen LogP contribution >= 0.6 is 0 Å². The van der Waals surface area contributed by atoms with Gasteiger partial charge < -0.3 is 4.74 Å². The van der Waals surface area contributed by atoms with Crippen LogP contribution in [0.4, 0.5) is 0 Å². The van der Waals surface area contributed by atoms with E-state index in [4.69, 9.17) is 4.74 Å². The lowest BCUT2D eigenvalue weighted by molar-refractivity contribution is 0.0519. The monoisotopic (exact) mass is 329 g/mol. The maximum absolute atomic E-state index is 12.1. The fourth-order valence-electron chi connectivity index (χ4n) is 2.49. The molecule has 0 bridgehead atoms. The van der Waals surface area contributed by atoms with Crippen LogP contribution in [0.25, 0.3) is 23.3 Å². The van der Waals surface area contributed by atoms with Crippen molar-refractivity contribution in [2.45, 2.75) is 6.92 Å². The van der Waals surface area contributed by atoms with E-state index in [1.54, 1.807) is 13.0 Å². The second kappa shape index (κ2) is 8.06. The number of aromatic nitrogens is 1. The Labute approximate surface area is 147 Å². The number of nitrogens with zero attached hydrogens (tertiary/aromatic N) is 1. The lowest BCUT2D eigenvalue weighted by atomic mass is 10.0. The Morgan fingerprint density at radius 3 is 2.28 bits per heavy atom. The molecule has 0 aliphatic rings. The average molecular weight is 329 g/mol. The zero-order chi connectivity index (χ0) is 17.5. The molecule has 0 aliphatic carbocycles. The quantitative estimate of drug-likeness (QED) is 0.612. The molecule has 0 saturated carbocycles. The van der Waals surface area contributed by atoms with Gasteiger partial charge in [-0.05, 0) is 41.8 Å². The predicted octanol–water partition coefficient (Wildman–Crippen LogP) is 5.10. The summed E-state index contributed by atoms with van der Waals surface area (Å²) in [6.45, 7) is 2.11. The Kier molecular flexibility index (Phi) is 5.37. The second-order valence-corrected chi connectivity index (χ2v) is 5.50. The molecule has 0 radical (unpaired) electrons. The van der Waals surface area contributed by atoms with Gasteiger partial charge in [0.05, 0.1) is 12.3 Å². The third-order valence-electron chi connectivity index (χ3n) is 3.68. The van der Waals surface area contributed by atoms with Gasteiger partial charge in [-0.25, -0.2) is 9.78 Å². The molecule has 124 valence electrons. The summed E-state index contributed by atoms with van der Waals surface area (Å²) in [7, 11) is 0. The standard InChI is InChI=1S/C22H19NO2/c1-2-25-22(24)21-16-19(18-11-7-4-8-12-18)15-20(23-21)14-13-17-9-5-3-6-10-17/h3-16H,2H2,1H3/b14-13+. The summed E-state index contributed by atoms with van der Waals surface area (Å²) < 4.78 is 5.11. The molecule has 0 N–H and O–H groups in total. The number of benzene rings is 2. The number of hydrogen-bond donors (Lipinski definition) is 0. The lowest BCUT2D eigenvalue weighted by Gasteiger charge is -2.07. The van der Waals surface area contributed by atoms with Crippen LogP contribution in [-0.2, 0) is 4.74 Å². The second-order valence-electron chi connectivity index (χ2n) is 5.50. The van der Waals surface area contributed by atoms with Gasteiger partial charge in [0, 0.05) is 0 Å². The highest BCUT2D eigenvalue weighted by Crippen LogP contribution is 2.22. The van der Waals surface area contributed by atoms with E-state index in [2.05, 4.69) is 4.98 Å². The molecule has 25 heavy (non-hydrogen) atoms. The molecule has 2 aromatic carbocycles. The largest absolute Gasteiger partial charge is 0.461 e. The van der Waals surface area contributed by atoms with Crippen LogP contribution in [0, 0.1) is 0 Å². The predicted molar refractivity (Wildman–Crippen MR) is 101 cm³/mol. The van der Waals surface area contributed by atoms with E-state index in [-0.39, 0.29) is 0 Å². The molecule has 3 aromatic rings. The molecule has 0 atom stereocenters. The molecule has 3 rings (SSSR count). The molecule has 0 unspecified atom stereocenters. The summed E-state index contributed by atoms with van der Waals surface area (Å²) in [6.07, 6.45) is 3.89. The molecule has 0 spiro atoms. The SMILES string of the molecule is CCOC(=O)c1cc(-c2ccccc2)cc(/C=C/c2ccccc2)n1. The number of pyridine rings is 1. The normalized spacial score (nSPS) is 10.8. The minimum absolute atomic E-state index is 0.316. The number of ether oxygens (including phenoxy) is 1. The van der Waals surface area contributed by atoms with Gasteiger partial charge in [-0.2, -0.15) is 0 Å². The minimum Gasteiger partial charge on any atom is -0.461 e. The smallest absolute Gasteiger partial charge is 0.356 e. The molecule has 0 fully saturated rings. The van der Waals surface area contributed by atoms with Crippen LogP contribution in [0.2, 0.25) is 0 Å². The molecule has 1 aromatic heterocycles. The maximum Gasteiger partial charge on any atom is 0.356 e. The van der Waals surface area contributed by atoms with Crippen molar-refractivity contribution in [2.75, 3.05) is 6.61 Å². The Balaban J connectivity index is 2.00. The topological polar surface area (TPSA) is 39.2 Å². The van der Waals surface area contributed by atoms with Crippen LogP contribution in [0.15, 0.2) is 72.8 Å². The molecule has 0 amide bonds. The molecule has 3 heteroatoms. The summed E-state index contributed by atoms with van der Waals surface area (Å²) in [5, 5.41) is 0. The zero-order valence-electron chi connectivity index (χ0n) is 14.1. The molecule has 0 saturated heterocycles. The van der Waals surface area contributed by atoms with Crippen molar-refractivity contribution < 1.29 is 9.53 Å². The van der Waals surface area contributed by atoms with Crippen LogP contribution in [0.3, 0.4) is 0 Å². The highest BCUT2D eigenvalue weighted by molar-refractivity contribution is 5.89. The summed E-state index contributed by atoms with van der Waals surface area (Å²) in [4.78, 5) is 16.6. The van der Waals surface area contributed by atoms with Gasteiger partial charge in [0.1, 0.15) is 5.69 Å². The van der Waals surface area contributed by atoms with E-state index < -0.39 is 5.97 Å². The van der Waals surface area contributed by atoms with E-state index in [1.165, 1.54) is 0 Å². The summed E-state index contributed by atoms with van der Waals surface area (Å²) in [6, 6.07) is 23.6. The van der Waals surface area contributed by atoms with Crippen molar-refractivity contribution in [2.24, 2.45) is 0 Å². The fourth-order valence-corrected chi connectivity index (χ4v) is 2.49. The maximum atomic E-state index is 12.1. The summed E-state index contributed by atoms with van der Waals surface area (Å²) >= 11 is 0. The fraction of sp³-hybridized carbons (Fsp3) is 0.0909. The van der Waals surface area contributed by atoms with Crippen molar-refractivity contribution in [3.8, 4) is 11.1 Å². The van der Waals surface area contributed by atoms with Gasteiger partial charge in [-0.1, -0.05) is 66.7 Å². The van der Waals surface area contributed by atoms with Gasteiger partial charge in [0.15, 0.2) is 0 Å². The average Bonchev–Trinajstić information content (AvgIpc) is 2.68. The van der Waals surface area contributed by atoms with Gasteiger partial charge in [0.2, 0.25) is 0 Å². The van der Waals surface area contributed by atoms with Gasteiger partial charge in [0.25, 0.3) is 0 Å². The highest BCUT2D eigenvalue weighted by Gasteiger charge is 2.11. The van der Waals surface area contributed by atoms with Crippen molar-refractivity contribution in [3.63, 3.8) is 0 Å². The number of carbonyl (C=O) groups is 1. The lowest BCUT2D eigenvalue weighted by Crippen LogP contribution is -2.08. The van der Waals surface area contributed by atoms with Crippen LogP contribution in [0.5, 0.6) is 0 Å². The first-order valence-corrected chi connectivity index (χ1v) is 8.24. The zero-order valence-corrected chi connectivity index (χ0v) is 14.1. The molecule has 0 aliphatic heterocycles. The van der Waals surface area contributed by atoms with E-state index in [1.807, 2.05) is 78.9 Å². The minimum atomic E-state index is -0.408. The van der Waals surface area contributed by atoms with Crippen molar-refractivity contribution in [1.82, 2.24) is 4.98 Å². The van der Waals surface area contributed by atoms with Gasteiger partial charge >= 0.3 is 5.97 Å². The van der Waals surface area contributed by atoms with Crippen molar-refractivity contribution >= 4 is 18.1 Å². The van der Waals surface area contributed by atoms with Crippen molar-refractivity contribution in [3.05, 3.63) is 89.7 Å². The van der Waals surface area contributed by atoms with Crippen LogP contribution in [0.1, 0.15) is 28.7 Å². The van der Waals surface area contributed by atoms with E-state index >= 15 is 0 Å². The number of carbonyl (C=O) groups excluding carboxylic acids is 1. The van der Waals surface area contributed by atoms with E-state index in [9.17, 15) is 4.79 Å². The van der Waals surface area contributed by atoms with Crippen LogP contribution < -0.4 is 0 Å². The van der Waals surface area contributed by atoms with E-state index in [0.29, 0.717) is 18.0 Å². The molecule has 3 nitrogen and oxygen atoms in total. The van der Waals surface area contributed by atoms with Gasteiger partial charge in [-0.3, -0.25) is 0 Å². The first kappa shape index (κ1) is 16.7. The Bertz CT molecular complexity index is 871. The summed E-state index contributed by atoms with van der Waals surface area (Å²) in [5.74, 6) is -0.408. The first-order valence-electron chi connectivity index (χ1n) is 8.24. The third-order valence-corrected chi connectivity index (χ3v) is 3.68. The molecular weight excluding hydrogens is 310 g/mol. The third kappa shape index (κ3) is 4.42. The summed E-state index contributed by atoms with van der Waals surface area (Å²) in [5.41, 5.74) is 4.08. The highest BCUT2D eigenvalue weighted by atomic mass is 16.5. The number of rotatable bonds is 5. The van der Waals surface area contributed by atoms with E-state index in [0.717, 1.165) is 16.7 Å². The van der Waals surface area contributed by atoms with Gasteiger partial charge in [-0.15, -0.1) is 0 Å². The molecule has 1 heterocycles. The Morgan fingerprint density at radius 2 is 1.60 bits per heavy atom. The first-order chi connectivity index (χ1) is 12.3. The number of hydrogen-bond acceptors (Lipinski definition) is 3. The Hall–Kier alpha value is -3.20. The van der Waals surface area contributed by atoms with Crippen LogP contribution in [-0.4, -0.2) is 17.6 Å². The number of esters is 1. The molecular formula is C22H19NO2.